The first-order valence-electron chi connectivity index (χ1n) is 4.94. The predicted molar refractivity (Wildman–Crippen MR) is 66.4 cm³/mol. The fourth-order valence-electron chi connectivity index (χ4n) is 1.51. The number of hydrogen-bond acceptors (Lipinski definition) is 4. The molecular formula is C11H14N2S2. The van der Waals surface area contributed by atoms with Crippen molar-refractivity contribution >= 4 is 22.7 Å². The van der Waals surface area contributed by atoms with Crippen LogP contribution in [0.4, 0.5) is 0 Å². The minimum atomic E-state index is 0.368. The summed E-state index contributed by atoms with van der Waals surface area (Å²) in [4.78, 5) is 5.38. The highest BCUT2D eigenvalue weighted by Gasteiger charge is 2.12. The minimum Gasteiger partial charge on any atom is -0.303 e. The van der Waals surface area contributed by atoms with E-state index in [0.29, 0.717) is 12.1 Å². The molecule has 2 heterocycles. The summed E-state index contributed by atoms with van der Waals surface area (Å²) in [6.07, 6.45) is 1.93. The molecule has 0 spiro atoms. The second kappa shape index (κ2) is 4.88. The van der Waals surface area contributed by atoms with Gasteiger partial charge in [0.15, 0.2) is 0 Å². The van der Waals surface area contributed by atoms with E-state index in [2.05, 4.69) is 41.0 Å². The van der Waals surface area contributed by atoms with Crippen molar-refractivity contribution in [1.29, 1.82) is 0 Å². The number of hydrogen-bond donors (Lipinski definition) is 1. The van der Waals surface area contributed by atoms with Crippen LogP contribution in [0.15, 0.2) is 28.5 Å². The molecule has 2 unspecified atom stereocenters. The van der Waals surface area contributed by atoms with Crippen LogP contribution in [0.25, 0.3) is 0 Å². The van der Waals surface area contributed by atoms with Crippen LogP contribution in [0.5, 0.6) is 0 Å². The van der Waals surface area contributed by atoms with Crippen LogP contribution in [-0.4, -0.2) is 4.98 Å². The molecule has 0 aromatic carbocycles. The number of thiazole rings is 1. The molecule has 0 aliphatic rings. The first-order chi connectivity index (χ1) is 7.27. The molecule has 4 heteroatoms. The SMILES string of the molecule is CC(NC(C)c1cncs1)c1ccsc1. The lowest BCUT2D eigenvalue weighted by molar-refractivity contribution is 0.500. The van der Waals surface area contributed by atoms with E-state index in [1.54, 1.807) is 22.7 Å². The van der Waals surface area contributed by atoms with Gasteiger partial charge in [-0.25, -0.2) is 0 Å². The van der Waals surface area contributed by atoms with E-state index in [-0.39, 0.29) is 0 Å². The van der Waals surface area contributed by atoms with Crippen LogP contribution in [0.1, 0.15) is 36.4 Å². The molecule has 2 atom stereocenters. The molecule has 80 valence electrons. The Bertz CT molecular complexity index is 342. The Morgan fingerprint density at radius 3 is 2.80 bits per heavy atom. The van der Waals surface area contributed by atoms with E-state index in [1.165, 1.54) is 10.4 Å². The molecule has 2 aromatic heterocycles. The highest BCUT2D eigenvalue weighted by molar-refractivity contribution is 7.09. The van der Waals surface area contributed by atoms with Gasteiger partial charge in [-0.05, 0) is 36.2 Å². The second-order valence-corrected chi connectivity index (χ2v) is 5.27. The lowest BCUT2D eigenvalue weighted by atomic mass is 10.1. The third kappa shape index (κ3) is 2.65. The van der Waals surface area contributed by atoms with Crippen molar-refractivity contribution in [3.05, 3.63) is 39.0 Å². The normalized spacial score (nSPS) is 15.1. The van der Waals surface area contributed by atoms with Crippen molar-refractivity contribution in [1.82, 2.24) is 10.3 Å². The molecule has 2 rings (SSSR count). The molecule has 0 amide bonds. The molecule has 0 fully saturated rings. The van der Waals surface area contributed by atoms with Crippen LogP contribution < -0.4 is 5.32 Å². The van der Waals surface area contributed by atoms with Crippen LogP contribution in [0.3, 0.4) is 0 Å². The van der Waals surface area contributed by atoms with Crippen LogP contribution in [0.2, 0.25) is 0 Å². The summed E-state index contributed by atoms with van der Waals surface area (Å²) >= 11 is 3.44. The van der Waals surface area contributed by atoms with Crippen LogP contribution in [0, 0.1) is 0 Å². The fourth-order valence-corrected chi connectivity index (χ4v) is 2.91. The summed E-state index contributed by atoms with van der Waals surface area (Å²) in [6, 6.07) is 2.93. The Hall–Kier alpha value is -0.710. The van der Waals surface area contributed by atoms with Crippen molar-refractivity contribution in [2.24, 2.45) is 0 Å². The van der Waals surface area contributed by atoms with Gasteiger partial charge in [0.1, 0.15) is 0 Å². The summed E-state index contributed by atoms with van der Waals surface area (Å²) in [5.74, 6) is 0. The number of nitrogens with one attached hydrogen (secondary N) is 1. The van der Waals surface area contributed by atoms with Crippen molar-refractivity contribution in [3.8, 4) is 0 Å². The third-order valence-electron chi connectivity index (χ3n) is 2.42. The molecular weight excluding hydrogens is 224 g/mol. The van der Waals surface area contributed by atoms with E-state index in [1.807, 2.05) is 11.7 Å². The predicted octanol–water partition coefficient (Wildman–Crippen LogP) is 3.62. The molecule has 0 aliphatic heterocycles. The van der Waals surface area contributed by atoms with Crippen LogP contribution in [-0.2, 0) is 0 Å². The Balaban J connectivity index is 1.98. The molecule has 1 N–H and O–H groups in total. The quantitative estimate of drug-likeness (QED) is 0.880. The summed E-state index contributed by atoms with van der Waals surface area (Å²) in [6.45, 7) is 4.37. The second-order valence-electron chi connectivity index (χ2n) is 3.57. The minimum absolute atomic E-state index is 0.368. The Morgan fingerprint density at radius 1 is 1.33 bits per heavy atom. The fraction of sp³-hybridized carbons (Fsp3) is 0.364. The van der Waals surface area contributed by atoms with Gasteiger partial charge in [-0.1, -0.05) is 0 Å². The van der Waals surface area contributed by atoms with Gasteiger partial charge in [0.05, 0.1) is 5.51 Å². The Morgan fingerprint density at radius 2 is 2.20 bits per heavy atom. The monoisotopic (exact) mass is 238 g/mol. The maximum absolute atomic E-state index is 4.09. The Kier molecular flexibility index (Phi) is 3.51. The summed E-state index contributed by atoms with van der Waals surface area (Å²) in [5, 5.41) is 7.87. The molecule has 2 nitrogen and oxygen atoms in total. The molecule has 15 heavy (non-hydrogen) atoms. The molecule has 0 aliphatic carbocycles. The number of thiophene rings is 1. The van der Waals surface area contributed by atoms with Gasteiger partial charge in [-0.3, -0.25) is 4.98 Å². The van der Waals surface area contributed by atoms with Gasteiger partial charge in [-0.15, -0.1) is 11.3 Å². The van der Waals surface area contributed by atoms with Gasteiger partial charge < -0.3 is 5.32 Å². The van der Waals surface area contributed by atoms with E-state index >= 15 is 0 Å². The van der Waals surface area contributed by atoms with Gasteiger partial charge >= 0.3 is 0 Å². The van der Waals surface area contributed by atoms with Gasteiger partial charge in [0.25, 0.3) is 0 Å². The first kappa shape index (κ1) is 10.8. The zero-order valence-electron chi connectivity index (χ0n) is 8.81. The van der Waals surface area contributed by atoms with E-state index in [0.717, 1.165) is 0 Å². The zero-order valence-corrected chi connectivity index (χ0v) is 10.4. The molecule has 2 aromatic rings. The summed E-state index contributed by atoms with van der Waals surface area (Å²) in [5.41, 5.74) is 3.24. The maximum atomic E-state index is 4.09. The van der Waals surface area contributed by atoms with Gasteiger partial charge in [0.2, 0.25) is 0 Å². The molecule has 0 saturated carbocycles. The first-order valence-corrected chi connectivity index (χ1v) is 6.76. The zero-order chi connectivity index (χ0) is 10.7. The van der Waals surface area contributed by atoms with E-state index in [9.17, 15) is 0 Å². The maximum Gasteiger partial charge on any atom is 0.0794 e. The highest BCUT2D eigenvalue weighted by atomic mass is 32.1. The van der Waals surface area contributed by atoms with Gasteiger partial charge in [-0.2, -0.15) is 11.3 Å². The van der Waals surface area contributed by atoms with E-state index in [4.69, 9.17) is 0 Å². The van der Waals surface area contributed by atoms with E-state index < -0.39 is 0 Å². The third-order valence-corrected chi connectivity index (χ3v) is 4.08. The van der Waals surface area contributed by atoms with Crippen molar-refractivity contribution in [2.45, 2.75) is 25.9 Å². The number of aromatic nitrogens is 1. The topological polar surface area (TPSA) is 24.9 Å². The Labute approximate surface area is 98.0 Å². The number of rotatable bonds is 4. The smallest absolute Gasteiger partial charge is 0.0794 e. The van der Waals surface area contributed by atoms with Crippen molar-refractivity contribution < 1.29 is 0 Å². The standard InChI is InChI=1S/C11H14N2S2/c1-8(10-3-4-14-6-10)13-9(2)11-5-12-7-15-11/h3-9,13H,1-2H3. The lowest BCUT2D eigenvalue weighted by Crippen LogP contribution is -2.21. The van der Waals surface area contributed by atoms with Crippen molar-refractivity contribution in [3.63, 3.8) is 0 Å². The van der Waals surface area contributed by atoms with Crippen molar-refractivity contribution in [2.75, 3.05) is 0 Å². The summed E-state index contributed by atoms with van der Waals surface area (Å²) < 4.78 is 0. The highest BCUT2D eigenvalue weighted by Crippen LogP contribution is 2.22. The molecule has 0 saturated heterocycles. The van der Waals surface area contributed by atoms with Gasteiger partial charge in [0, 0.05) is 23.2 Å². The largest absolute Gasteiger partial charge is 0.303 e. The molecule has 0 radical (unpaired) electrons. The van der Waals surface area contributed by atoms with Crippen LogP contribution >= 0.6 is 22.7 Å². The average molecular weight is 238 g/mol. The average Bonchev–Trinajstić information content (AvgIpc) is 2.91. The lowest BCUT2D eigenvalue weighted by Gasteiger charge is -2.17. The number of nitrogens with zero attached hydrogens (tertiary/aromatic N) is 1. The summed E-state index contributed by atoms with van der Waals surface area (Å²) in [7, 11) is 0. The molecule has 0 bridgehead atoms.